The second-order valence-corrected chi connectivity index (χ2v) is 9.30. The molecule has 7 heteroatoms. The van der Waals surface area contributed by atoms with Gasteiger partial charge in [-0.15, -0.1) is 22.7 Å². The van der Waals surface area contributed by atoms with Crippen LogP contribution in [-0.4, -0.2) is 30.1 Å². The normalized spacial score (nSPS) is 11.0. The van der Waals surface area contributed by atoms with E-state index in [1.54, 1.807) is 25.4 Å². The highest BCUT2D eigenvalue weighted by Crippen LogP contribution is 2.39. The average molecular weight is 413 g/mol. The first-order valence-corrected chi connectivity index (χ1v) is 10.7. The first kappa shape index (κ1) is 18.0. The molecule has 0 aliphatic heterocycles. The van der Waals surface area contributed by atoms with Crippen LogP contribution in [-0.2, 0) is 0 Å². The number of rotatable bonds is 3. The van der Waals surface area contributed by atoms with Gasteiger partial charge in [-0.25, -0.2) is 0 Å². The number of nitrogens with zero attached hydrogens (tertiary/aromatic N) is 1. The van der Waals surface area contributed by atoms with E-state index < -0.39 is 0 Å². The van der Waals surface area contributed by atoms with Crippen molar-refractivity contribution in [2.24, 2.45) is 0 Å². The van der Waals surface area contributed by atoms with Gasteiger partial charge in [-0.05, 0) is 48.2 Å². The quantitative estimate of drug-likeness (QED) is 0.411. The molecule has 0 unspecified atom stereocenters. The third kappa shape index (κ3) is 3.71. The topological polar surface area (TPSA) is 49.4 Å². The average Bonchev–Trinajstić information content (AvgIpc) is 3.21. The molecule has 4 rings (SSSR count). The van der Waals surface area contributed by atoms with Crippen molar-refractivity contribution in [3.63, 3.8) is 0 Å². The highest BCUT2D eigenvalue weighted by molar-refractivity contribution is 8.13. The molecular formula is C20H16N2O2S3. The lowest BCUT2D eigenvalue weighted by Gasteiger charge is -2.09. The Labute approximate surface area is 168 Å². The number of carbonyl (C=O) groups is 2. The molecule has 136 valence electrons. The maximum absolute atomic E-state index is 12.6. The SMILES string of the molecule is CN(C)C(=O)Sc1ccc(NC(=O)c2cc3sc4ccccc4c3s2)cc1. The largest absolute Gasteiger partial charge is 0.339 e. The van der Waals surface area contributed by atoms with Crippen molar-refractivity contribution >= 4 is 70.8 Å². The molecule has 0 bridgehead atoms. The molecule has 0 saturated heterocycles. The standard InChI is InChI=1S/C20H16N2O2S3/c1-22(2)20(24)25-13-9-7-12(8-10-13)21-19(23)17-11-16-18(27-17)14-5-3-4-6-15(14)26-16/h3-11H,1-2H3,(H,21,23). The van der Waals surface area contributed by atoms with Crippen molar-refractivity contribution in [2.75, 3.05) is 19.4 Å². The molecule has 0 aliphatic rings. The second-order valence-electron chi connectivity index (χ2n) is 6.14. The molecule has 2 heterocycles. The second kappa shape index (κ2) is 7.34. The number of fused-ring (bicyclic) bond motifs is 3. The maximum Gasteiger partial charge on any atom is 0.285 e. The predicted molar refractivity (Wildman–Crippen MR) is 117 cm³/mol. The van der Waals surface area contributed by atoms with Crippen LogP contribution in [0.1, 0.15) is 9.67 Å². The van der Waals surface area contributed by atoms with Crippen molar-refractivity contribution in [1.82, 2.24) is 4.90 Å². The van der Waals surface area contributed by atoms with E-state index in [1.807, 2.05) is 42.5 Å². The summed E-state index contributed by atoms with van der Waals surface area (Å²) in [6, 6.07) is 17.5. The minimum atomic E-state index is -0.114. The number of nitrogens with one attached hydrogen (secondary N) is 1. The Morgan fingerprint density at radius 3 is 2.44 bits per heavy atom. The van der Waals surface area contributed by atoms with Gasteiger partial charge in [-0.1, -0.05) is 18.2 Å². The Balaban J connectivity index is 1.50. The van der Waals surface area contributed by atoms with E-state index in [1.165, 1.54) is 26.3 Å². The molecule has 2 amide bonds. The Bertz CT molecular complexity index is 1140. The van der Waals surface area contributed by atoms with Crippen LogP contribution in [0.5, 0.6) is 0 Å². The summed E-state index contributed by atoms with van der Waals surface area (Å²) < 4.78 is 3.54. The molecule has 0 radical (unpaired) electrons. The fourth-order valence-corrected chi connectivity index (χ4v) is 5.68. The molecular weight excluding hydrogens is 396 g/mol. The first-order chi connectivity index (χ1) is 13.0. The number of hydrogen-bond donors (Lipinski definition) is 1. The maximum atomic E-state index is 12.6. The summed E-state index contributed by atoms with van der Waals surface area (Å²) in [6.45, 7) is 0. The van der Waals surface area contributed by atoms with E-state index in [4.69, 9.17) is 0 Å². The van der Waals surface area contributed by atoms with Crippen LogP contribution in [0.15, 0.2) is 59.5 Å². The van der Waals surface area contributed by atoms with Gasteiger partial charge < -0.3 is 10.2 Å². The van der Waals surface area contributed by atoms with E-state index in [2.05, 4.69) is 17.4 Å². The molecule has 0 spiro atoms. The Hall–Kier alpha value is -2.35. The van der Waals surface area contributed by atoms with E-state index in [9.17, 15) is 9.59 Å². The fourth-order valence-electron chi connectivity index (χ4n) is 2.60. The first-order valence-electron chi connectivity index (χ1n) is 8.23. The zero-order valence-electron chi connectivity index (χ0n) is 14.7. The zero-order chi connectivity index (χ0) is 19.0. The smallest absolute Gasteiger partial charge is 0.285 e. The monoisotopic (exact) mass is 412 g/mol. The Morgan fingerprint density at radius 1 is 0.963 bits per heavy atom. The summed E-state index contributed by atoms with van der Waals surface area (Å²) in [5.41, 5.74) is 0.711. The van der Waals surface area contributed by atoms with Gasteiger partial charge in [0, 0.05) is 39.5 Å². The van der Waals surface area contributed by atoms with E-state index in [0.29, 0.717) is 10.6 Å². The third-order valence-corrected chi connectivity index (χ3v) is 7.42. The number of thiophene rings is 2. The van der Waals surface area contributed by atoms with Gasteiger partial charge in [-0.2, -0.15) is 0 Å². The minimum absolute atomic E-state index is 0.0299. The summed E-state index contributed by atoms with van der Waals surface area (Å²) in [6.07, 6.45) is 0. The number of amides is 2. The van der Waals surface area contributed by atoms with E-state index in [0.717, 1.165) is 26.1 Å². The molecule has 2 aromatic carbocycles. The van der Waals surface area contributed by atoms with Gasteiger partial charge in [0.1, 0.15) is 0 Å². The summed E-state index contributed by atoms with van der Waals surface area (Å²) >= 11 is 4.39. The predicted octanol–water partition coefficient (Wildman–Crippen LogP) is 6.14. The molecule has 0 fully saturated rings. The highest BCUT2D eigenvalue weighted by atomic mass is 32.2. The fraction of sp³-hybridized carbons (Fsp3) is 0.100. The lowest BCUT2D eigenvalue weighted by Crippen LogP contribution is -2.16. The van der Waals surface area contributed by atoms with Crippen LogP contribution >= 0.6 is 34.4 Å². The van der Waals surface area contributed by atoms with Crippen molar-refractivity contribution in [3.05, 3.63) is 59.5 Å². The molecule has 2 aromatic heterocycles. The Morgan fingerprint density at radius 2 is 1.70 bits per heavy atom. The number of hydrogen-bond acceptors (Lipinski definition) is 5. The molecule has 4 aromatic rings. The molecule has 4 nitrogen and oxygen atoms in total. The molecule has 27 heavy (non-hydrogen) atoms. The number of carbonyl (C=O) groups excluding carboxylic acids is 2. The molecule has 1 N–H and O–H groups in total. The molecule has 0 atom stereocenters. The van der Waals surface area contributed by atoms with Gasteiger partial charge in [-0.3, -0.25) is 9.59 Å². The molecule has 0 saturated carbocycles. The van der Waals surface area contributed by atoms with Crippen LogP contribution < -0.4 is 5.32 Å². The van der Waals surface area contributed by atoms with E-state index >= 15 is 0 Å². The lowest BCUT2D eigenvalue weighted by atomic mass is 10.2. The van der Waals surface area contributed by atoms with Crippen molar-refractivity contribution in [3.8, 4) is 0 Å². The highest BCUT2D eigenvalue weighted by Gasteiger charge is 2.14. The lowest BCUT2D eigenvalue weighted by molar-refractivity contribution is 0.103. The number of anilines is 1. The van der Waals surface area contributed by atoms with Gasteiger partial charge in [0.05, 0.1) is 9.58 Å². The summed E-state index contributed by atoms with van der Waals surface area (Å²) in [7, 11) is 3.44. The van der Waals surface area contributed by atoms with Crippen LogP contribution in [0, 0.1) is 0 Å². The molecule has 0 aliphatic carbocycles. The van der Waals surface area contributed by atoms with Crippen LogP contribution in [0.25, 0.3) is 19.5 Å². The number of thioether (sulfide) groups is 1. The van der Waals surface area contributed by atoms with Gasteiger partial charge in [0.15, 0.2) is 0 Å². The van der Waals surface area contributed by atoms with Gasteiger partial charge in [0.25, 0.3) is 11.1 Å². The van der Waals surface area contributed by atoms with Crippen molar-refractivity contribution in [1.29, 1.82) is 0 Å². The van der Waals surface area contributed by atoms with Gasteiger partial charge >= 0.3 is 0 Å². The van der Waals surface area contributed by atoms with Crippen molar-refractivity contribution < 1.29 is 9.59 Å². The van der Waals surface area contributed by atoms with Crippen molar-refractivity contribution in [2.45, 2.75) is 4.90 Å². The van der Waals surface area contributed by atoms with Gasteiger partial charge in [0.2, 0.25) is 0 Å². The summed E-state index contributed by atoms with van der Waals surface area (Å²) in [4.78, 5) is 27.4. The number of benzene rings is 2. The zero-order valence-corrected chi connectivity index (χ0v) is 17.1. The Kier molecular flexibility index (Phi) is 4.90. The summed E-state index contributed by atoms with van der Waals surface area (Å²) in [5.74, 6) is -0.114. The summed E-state index contributed by atoms with van der Waals surface area (Å²) in [5, 5.41) is 4.10. The van der Waals surface area contributed by atoms with Crippen LogP contribution in [0.2, 0.25) is 0 Å². The third-order valence-electron chi connectivity index (χ3n) is 3.96. The van der Waals surface area contributed by atoms with E-state index in [-0.39, 0.29) is 11.1 Å². The van der Waals surface area contributed by atoms with Crippen LogP contribution in [0.4, 0.5) is 10.5 Å². The minimum Gasteiger partial charge on any atom is -0.339 e. The van der Waals surface area contributed by atoms with Crippen LogP contribution in [0.3, 0.4) is 0 Å².